The molecule has 0 saturated heterocycles. The van der Waals surface area contributed by atoms with Crippen LogP contribution in [0.15, 0.2) is 53.4 Å². The van der Waals surface area contributed by atoms with Crippen molar-refractivity contribution in [2.45, 2.75) is 4.90 Å². The lowest BCUT2D eigenvalue weighted by atomic mass is 10.3. The molecule has 0 aliphatic rings. The lowest BCUT2D eigenvalue weighted by Gasteiger charge is -2.10. The number of anilines is 2. The monoisotopic (exact) mass is 278 g/mol. The second-order valence-corrected chi connectivity index (χ2v) is 5.53. The van der Waals surface area contributed by atoms with E-state index in [0.29, 0.717) is 11.4 Å². The Kier molecular flexibility index (Phi) is 3.62. The van der Waals surface area contributed by atoms with Crippen molar-refractivity contribution in [3.05, 3.63) is 48.5 Å². The quantitative estimate of drug-likeness (QED) is 0.839. The Morgan fingerprint density at radius 3 is 2.53 bits per heavy atom. The molecule has 0 saturated carbocycles. The summed E-state index contributed by atoms with van der Waals surface area (Å²) in [6, 6.07) is 13.0. The van der Waals surface area contributed by atoms with Gasteiger partial charge in [-0.3, -0.25) is 4.72 Å². The number of hydrogen-bond acceptors (Lipinski definition) is 4. The van der Waals surface area contributed by atoms with Crippen molar-refractivity contribution in [2.24, 2.45) is 0 Å². The molecule has 0 aliphatic heterocycles. The standard InChI is InChI=1S/C13H14N2O3S/c1-18-11-6-4-5-10(9-11)15-19(16,17)13-8-3-2-7-12(13)14/h2-9,15H,14H2,1H3. The van der Waals surface area contributed by atoms with Crippen LogP contribution in [0.3, 0.4) is 0 Å². The van der Waals surface area contributed by atoms with Crippen molar-refractivity contribution in [2.75, 3.05) is 17.6 Å². The maximum absolute atomic E-state index is 12.2. The summed E-state index contributed by atoms with van der Waals surface area (Å²) in [6.45, 7) is 0. The Balaban J connectivity index is 2.34. The largest absolute Gasteiger partial charge is 0.497 e. The molecule has 0 unspecified atom stereocenters. The van der Waals surface area contributed by atoms with Crippen molar-refractivity contribution < 1.29 is 13.2 Å². The van der Waals surface area contributed by atoms with E-state index >= 15 is 0 Å². The van der Waals surface area contributed by atoms with E-state index in [2.05, 4.69) is 4.72 Å². The van der Waals surface area contributed by atoms with Crippen LogP contribution >= 0.6 is 0 Å². The fraction of sp³-hybridized carbons (Fsp3) is 0.0769. The first kappa shape index (κ1) is 13.2. The Hall–Kier alpha value is -2.21. The number of nitrogen functional groups attached to an aromatic ring is 1. The molecule has 19 heavy (non-hydrogen) atoms. The van der Waals surface area contributed by atoms with Crippen molar-refractivity contribution in [1.29, 1.82) is 0 Å². The van der Waals surface area contributed by atoms with E-state index in [1.54, 1.807) is 42.5 Å². The van der Waals surface area contributed by atoms with E-state index in [4.69, 9.17) is 10.5 Å². The molecule has 0 aromatic heterocycles. The summed E-state index contributed by atoms with van der Waals surface area (Å²) in [5.41, 5.74) is 6.30. The van der Waals surface area contributed by atoms with Crippen molar-refractivity contribution in [3.8, 4) is 5.75 Å². The molecule has 0 heterocycles. The van der Waals surface area contributed by atoms with Gasteiger partial charge in [-0.2, -0.15) is 0 Å². The van der Waals surface area contributed by atoms with Crippen molar-refractivity contribution in [1.82, 2.24) is 0 Å². The van der Waals surface area contributed by atoms with Gasteiger partial charge in [-0.25, -0.2) is 8.42 Å². The van der Waals surface area contributed by atoms with Crippen LogP contribution in [-0.4, -0.2) is 15.5 Å². The number of para-hydroxylation sites is 1. The molecule has 3 N–H and O–H groups in total. The third kappa shape index (κ3) is 2.97. The fourth-order valence-electron chi connectivity index (χ4n) is 1.62. The average Bonchev–Trinajstić information content (AvgIpc) is 2.38. The van der Waals surface area contributed by atoms with Crippen molar-refractivity contribution in [3.63, 3.8) is 0 Å². The predicted molar refractivity (Wildman–Crippen MR) is 74.7 cm³/mol. The van der Waals surface area contributed by atoms with Gasteiger partial charge < -0.3 is 10.5 Å². The van der Waals surface area contributed by atoms with Crippen LogP contribution in [-0.2, 0) is 10.0 Å². The smallest absolute Gasteiger partial charge is 0.263 e. The number of ether oxygens (including phenoxy) is 1. The molecule has 2 rings (SSSR count). The zero-order valence-electron chi connectivity index (χ0n) is 10.3. The summed E-state index contributed by atoms with van der Waals surface area (Å²) >= 11 is 0. The summed E-state index contributed by atoms with van der Waals surface area (Å²) in [5, 5.41) is 0. The number of rotatable bonds is 4. The minimum absolute atomic E-state index is 0.0535. The number of benzene rings is 2. The molecule has 5 nitrogen and oxygen atoms in total. The minimum Gasteiger partial charge on any atom is -0.497 e. The molecule has 0 aliphatic carbocycles. The zero-order valence-corrected chi connectivity index (χ0v) is 11.1. The highest BCUT2D eigenvalue weighted by atomic mass is 32.2. The normalized spacial score (nSPS) is 11.0. The highest BCUT2D eigenvalue weighted by molar-refractivity contribution is 7.92. The van der Waals surface area contributed by atoms with Gasteiger partial charge in [0.05, 0.1) is 18.5 Å². The topological polar surface area (TPSA) is 81.4 Å². The highest BCUT2D eigenvalue weighted by Gasteiger charge is 2.16. The van der Waals surface area contributed by atoms with Gasteiger partial charge >= 0.3 is 0 Å². The van der Waals surface area contributed by atoms with Gasteiger partial charge in [0.2, 0.25) is 0 Å². The molecule has 0 amide bonds. The van der Waals surface area contributed by atoms with E-state index in [-0.39, 0.29) is 10.6 Å². The van der Waals surface area contributed by atoms with E-state index in [1.807, 2.05) is 0 Å². The third-order valence-electron chi connectivity index (χ3n) is 2.53. The summed E-state index contributed by atoms with van der Waals surface area (Å²) in [7, 11) is -2.18. The molecule has 100 valence electrons. The molecular weight excluding hydrogens is 264 g/mol. The van der Waals surface area contributed by atoms with Crippen LogP contribution < -0.4 is 15.2 Å². The van der Waals surface area contributed by atoms with Gasteiger partial charge in [-0.15, -0.1) is 0 Å². The Morgan fingerprint density at radius 1 is 1.11 bits per heavy atom. The number of methoxy groups -OCH3 is 1. The molecule has 0 atom stereocenters. The van der Waals surface area contributed by atoms with E-state index in [9.17, 15) is 8.42 Å². The maximum atomic E-state index is 12.2. The highest BCUT2D eigenvalue weighted by Crippen LogP contribution is 2.23. The van der Waals surface area contributed by atoms with Gasteiger partial charge in [-0.05, 0) is 24.3 Å². The van der Waals surface area contributed by atoms with E-state index in [1.165, 1.54) is 13.2 Å². The van der Waals surface area contributed by atoms with E-state index < -0.39 is 10.0 Å². The van der Waals surface area contributed by atoms with Crippen LogP contribution in [0.25, 0.3) is 0 Å². The lowest BCUT2D eigenvalue weighted by Crippen LogP contribution is -2.14. The second kappa shape index (κ2) is 5.19. The van der Waals surface area contributed by atoms with Gasteiger partial charge in [-0.1, -0.05) is 18.2 Å². The lowest BCUT2D eigenvalue weighted by molar-refractivity contribution is 0.415. The molecule has 0 fully saturated rings. The Labute approximate surface area is 112 Å². The fourth-order valence-corrected chi connectivity index (χ4v) is 2.81. The van der Waals surface area contributed by atoms with E-state index in [0.717, 1.165) is 0 Å². The van der Waals surface area contributed by atoms with Crippen LogP contribution in [0.1, 0.15) is 0 Å². The molecule has 6 heteroatoms. The molecule has 2 aromatic carbocycles. The average molecular weight is 278 g/mol. The predicted octanol–water partition coefficient (Wildman–Crippen LogP) is 2.08. The number of nitrogens with one attached hydrogen (secondary N) is 1. The number of nitrogens with two attached hydrogens (primary N) is 1. The first-order chi connectivity index (χ1) is 9.03. The number of hydrogen-bond donors (Lipinski definition) is 2. The van der Waals surface area contributed by atoms with Crippen LogP contribution in [0.2, 0.25) is 0 Å². The van der Waals surface area contributed by atoms with Gasteiger partial charge in [0.25, 0.3) is 10.0 Å². The molecule has 0 spiro atoms. The second-order valence-electron chi connectivity index (χ2n) is 3.88. The van der Waals surface area contributed by atoms with Crippen LogP contribution in [0.5, 0.6) is 5.75 Å². The van der Waals surface area contributed by atoms with Crippen LogP contribution in [0, 0.1) is 0 Å². The number of sulfonamides is 1. The Bertz CT molecular complexity index is 684. The van der Waals surface area contributed by atoms with Gasteiger partial charge in [0, 0.05) is 6.07 Å². The first-order valence-electron chi connectivity index (χ1n) is 5.54. The van der Waals surface area contributed by atoms with Crippen molar-refractivity contribution >= 4 is 21.4 Å². The minimum atomic E-state index is -3.70. The van der Waals surface area contributed by atoms with Gasteiger partial charge in [0.1, 0.15) is 10.6 Å². The summed E-state index contributed by atoms with van der Waals surface area (Å²) in [5.74, 6) is 0.571. The molecule has 0 bridgehead atoms. The molecule has 0 radical (unpaired) electrons. The summed E-state index contributed by atoms with van der Waals surface area (Å²) in [6.07, 6.45) is 0. The summed E-state index contributed by atoms with van der Waals surface area (Å²) < 4.78 is 31.9. The maximum Gasteiger partial charge on any atom is 0.263 e. The SMILES string of the molecule is COc1cccc(NS(=O)(=O)c2ccccc2N)c1. The third-order valence-corrected chi connectivity index (χ3v) is 3.99. The Morgan fingerprint density at radius 2 is 1.84 bits per heavy atom. The first-order valence-corrected chi connectivity index (χ1v) is 7.02. The van der Waals surface area contributed by atoms with Crippen LogP contribution in [0.4, 0.5) is 11.4 Å². The zero-order chi connectivity index (χ0) is 13.9. The molecular formula is C13H14N2O3S. The summed E-state index contributed by atoms with van der Waals surface area (Å²) in [4.78, 5) is 0.0535. The molecule has 2 aromatic rings. The van der Waals surface area contributed by atoms with Gasteiger partial charge in [0.15, 0.2) is 0 Å².